The number of piperazine rings is 1. The molecular weight excluding hydrogens is 222 g/mol. The Bertz CT molecular complexity index is 395. The van der Waals surface area contributed by atoms with Gasteiger partial charge < -0.3 is 10.6 Å². The standard InChI is InChI=1S/C15H25N3/c1-12-4-5-15(14(3)13(12)2)10-17-11-18-8-6-16-7-9-18/h4-5,16-17H,6-11H2,1-3H3. The number of benzene rings is 1. The molecule has 0 saturated carbocycles. The van der Waals surface area contributed by atoms with E-state index in [1.54, 1.807) is 0 Å². The van der Waals surface area contributed by atoms with E-state index in [0.29, 0.717) is 0 Å². The van der Waals surface area contributed by atoms with E-state index in [1.807, 2.05) is 0 Å². The van der Waals surface area contributed by atoms with Gasteiger partial charge in [-0.05, 0) is 43.0 Å². The van der Waals surface area contributed by atoms with E-state index in [0.717, 1.165) is 39.4 Å². The van der Waals surface area contributed by atoms with E-state index in [2.05, 4.69) is 48.4 Å². The van der Waals surface area contributed by atoms with Gasteiger partial charge in [-0.25, -0.2) is 0 Å². The third kappa shape index (κ3) is 3.31. The fourth-order valence-corrected chi connectivity index (χ4v) is 2.42. The zero-order valence-electron chi connectivity index (χ0n) is 11.8. The second-order valence-corrected chi connectivity index (χ2v) is 5.24. The van der Waals surface area contributed by atoms with Crippen molar-refractivity contribution in [3.63, 3.8) is 0 Å². The molecule has 1 aliphatic heterocycles. The number of hydrogen-bond acceptors (Lipinski definition) is 3. The van der Waals surface area contributed by atoms with Crippen LogP contribution in [-0.2, 0) is 6.54 Å². The van der Waals surface area contributed by atoms with Crippen molar-refractivity contribution in [2.24, 2.45) is 0 Å². The summed E-state index contributed by atoms with van der Waals surface area (Å²) in [5, 5.41) is 6.93. The van der Waals surface area contributed by atoms with Crippen LogP contribution in [0.2, 0.25) is 0 Å². The quantitative estimate of drug-likeness (QED) is 0.845. The second-order valence-electron chi connectivity index (χ2n) is 5.24. The van der Waals surface area contributed by atoms with Crippen LogP contribution >= 0.6 is 0 Å². The molecule has 3 nitrogen and oxygen atoms in total. The average molecular weight is 247 g/mol. The highest BCUT2D eigenvalue weighted by Crippen LogP contribution is 2.16. The van der Waals surface area contributed by atoms with Gasteiger partial charge in [-0.3, -0.25) is 4.90 Å². The van der Waals surface area contributed by atoms with Gasteiger partial charge in [0.15, 0.2) is 0 Å². The number of nitrogens with zero attached hydrogens (tertiary/aromatic N) is 1. The lowest BCUT2D eigenvalue weighted by atomic mass is 9.99. The summed E-state index contributed by atoms with van der Waals surface area (Å²) in [5.74, 6) is 0. The van der Waals surface area contributed by atoms with Crippen LogP contribution < -0.4 is 10.6 Å². The highest BCUT2D eigenvalue weighted by Gasteiger charge is 2.09. The molecule has 0 unspecified atom stereocenters. The lowest BCUT2D eigenvalue weighted by Gasteiger charge is -2.27. The largest absolute Gasteiger partial charge is 0.314 e. The van der Waals surface area contributed by atoms with E-state index in [-0.39, 0.29) is 0 Å². The first kappa shape index (κ1) is 13.5. The molecule has 1 aromatic rings. The molecule has 2 N–H and O–H groups in total. The van der Waals surface area contributed by atoms with Gasteiger partial charge in [0.2, 0.25) is 0 Å². The molecule has 1 aromatic carbocycles. The predicted octanol–water partition coefficient (Wildman–Crippen LogP) is 1.56. The Morgan fingerprint density at radius 3 is 2.56 bits per heavy atom. The Balaban J connectivity index is 1.84. The smallest absolute Gasteiger partial charge is 0.0484 e. The molecule has 0 spiro atoms. The van der Waals surface area contributed by atoms with Gasteiger partial charge in [0.25, 0.3) is 0 Å². The number of aryl methyl sites for hydroxylation is 1. The second kappa shape index (κ2) is 6.32. The molecule has 0 radical (unpaired) electrons. The molecule has 0 bridgehead atoms. The Hall–Kier alpha value is -0.900. The average Bonchev–Trinajstić information content (AvgIpc) is 2.40. The lowest BCUT2D eigenvalue weighted by molar-refractivity contribution is 0.223. The molecular formula is C15H25N3. The summed E-state index contributed by atoms with van der Waals surface area (Å²) in [6, 6.07) is 4.48. The summed E-state index contributed by atoms with van der Waals surface area (Å²) in [6.45, 7) is 13.1. The summed E-state index contributed by atoms with van der Waals surface area (Å²) >= 11 is 0. The first-order valence-corrected chi connectivity index (χ1v) is 6.88. The number of rotatable bonds is 4. The Morgan fingerprint density at radius 2 is 1.83 bits per heavy atom. The maximum Gasteiger partial charge on any atom is 0.0484 e. The molecule has 2 rings (SSSR count). The Kier molecular flexibility index (Phi) is 4.75. The van der Waals surface area contributed by atoms with Crippen molar-refractivity contribution in [1.82, 2.24) is 15.5 Å². The topological polar surface area (TPSA) is 27.3 Å². The zero-order valence-corrected chi connectivity index (χ0v) is 11.8. The summed E-state index contributed by atoms with van der Waals surface area (Å²) in [7, 11) is 0. The van der Waals surface area contributed by atoms with Crippen LogP contribution in [0.15, 0.2) is 12.1 Å². The van der Waals surface area contributed by atoms with Gasteiger partial charge in [0.1, 0.15) is 0 Å². The highest BCUT2D eigenvalue weighted by molar-refractivity contribution is 5.38. The maximum atomic E-state index is 3.56. The SMILES string of the molecule is Cc1ccc(CNCN2CCNCC2)c(C)c1C. The van der Waals surface area contributed by atoms with Crippen LogP contribution in [-0.4, -0.2) is 37.7 Å². The van der Waals surface area contributed by atoms with E-state index in [4.69, 9.17) is 0 Å². The van der Waals surface area contributed by atoms with E-state index in [1.165, 1.54) is 22.3 Å². The minimum Gasteiger partial charge on any atom is -0.314 e. The van der Waals surface area contributed by atoms with Crippen molar-refractivity contribution in [2.75, 3.05) is 32.8 Å². The van der Waals surface area contributed by atoms with Crippen LogP contribution in [0.25, 0.3) is 0 Å². The minimum atomic E-state index is 0.969. The molecule has 1 fully saturated rings. The first-order chi connectivity index (χ1) is 8.68. The van der Waals surface area contributed by atoms with Crippen molar-refractivity contribution in [2.45, 2.75) is 27.3 Å². The van der Waals surface area contributed by atoms with Crippen LogP contribution in [0.5, 0.6) is 0 Å². The first-order valence-electron chi connectivity index (χ1n) is 6.88. The van der Waals surface area contributed by atoms with Crippen molar-refractivity contribution in [1.29, 1.82) is 0 Å². The molecule has 0 aliphatic carbocycles. The zero-order chi connectivity index (χ0) is 13.0. The summed E-state index contributed by atoms with van der Waals surface area (Å²) in [6.07, 6.45) is 0. The van der Waals surface area contributed by atoms with Gasteiger partial charge in [0, 0.05) is 39.4 Å². The normalized spacial score (nSPS) is 17.1. The van der Waals surface area contributed by atoms with Crippen LogP contribution in [0.4, 0.5) is 0 Å². The van der Waals surface area contributed by atoms with Crippen LogP contribution in [0, 0.1) is 20.8 Å². The molecule has 0 atom stereocenters. The van der Waals surface area contributed by atoms with Crippen LogP contribution in [0.3, 0.4) is 0 Å². The molecule has 1 heterocycles. The summed E-state index contributed by atoms with van der Waals surface area (Å²) < 4.78 is 0. The van der Waals surface area contributed by atoms with Crippen LogP contribution in [0.1, 0.15) is 22.3 Å². The van der Waals surface area contributed by atoms with Crippen molar-refractivity contribution >= 4 is 0 Å². The third-order valence-corrected chi connectivity index (χ3v) is 4.03. The van der Waals surface area contributed by atoms with Gasteiger partial charge >= 0.3 is 0 Å². The van der Waals surface area contributed by atoms with Crippen molar-refractivity contribution in [3.8, 4) is 0 Å². The minimum absolute atomic E-state index is 0.969. The molecule has 1 aliphatic rings. The molecule has 18 heavy (non-hydrogen) atoms. The number of nitrogens with one attached hydrogen (secondary N) is 2. The monoisotopic (exact) mass is 247 g/mol. The molecule has 0 amide bonds. The predicted molar refractivity (Wildman–Crippen MR) is 76.8 cm³/mol. The van der Waals surface area contributed by atoms with Gasteiger partial charge in [-0.2, -0.15) is 0 Å². The maximum absolute atomic E-state index is 3.56. The summed E-state index contributed by atoms with van der Waals surface area (Å²) in [5.41, 5.74) is 5.67. The number of hydrogen-bond donors (Lipinski definition) is 2. The lowest BCUT2D eigenvalue weighted by Crippen LogP contribution is -2.46. The van der Waals surface area contributed by atoms with E-state index < -0.39 is 0 Å². The fourth-order valence-electron chi connectivity index (χ4n) is 2.42. The fraction of sp³-hybridized carbons (Fsp3) is 0.600. The third-order valence-electron chi connectivity index (χ3n) is 4.03. The van der Waals surface area contributed by atoms with Gasteiger partial charge in [-0.15, -0.1) is 0 Å². The Morgan fingerprint density at radius 1 is 1.11 bits per heavy atom. The summed E-state index contributed by atoms with van der Waals surface area (Å²) in [4.78, 5) is 2.47. The molecule has 3 heteroatoms. The van der Waals surface area contributed by atoms with E-state index >= 15 is 0 Å². The van der Waals surface area contributed by atoms with E-state index in [9.17, 15) is 0 Å². The molecule has 0 aromatic heterocycles. The Labute approximate surface area is 111 Å². The molecule has 1 saturated heterocycles. The van der Waals surface area contributed by atoms with Crippen molar-refractivity contribution < 1.29 is 0 Å². The molecule has 100 valence electrons. The van der Waals surface area contributed by atoms with Gasteiger partial charge in [0.05, 0.1) is 0 Å². The van der Waals surface area contributed by atoms with Crippen molar-refractivity contribution in [3.05, 3.63) is 34.4 Å². The highest BCUT2D eigenvalue weighted by atomic mass is 15.2. The van der Waals surface area contributed by atoms with Gasteiger partial charge in [-0.1, -0.05) is 12.1 Å².